The van der Waals surface area contributed by atoms with E-state index in [2.05, 4.69) is 20.6 Å². The Morgan fingerprint density at radius 2 is 1.57 bits per heavy atom. The lowest BCUT2D eigenvalue weighted by atomic mass is 10.2. The maximum atomic E-state index is 11.4. The zero-order valence-corrected chi connectivity index (χ0v) is 14.0. The summed E-state index contributed by atoms with van der Waals surface area (Å²) < 4.78 is 0. The van der Waals surface area contributed by atoms with Gasteiger partial charge in [0.15, 0.2) is 5.16 Å². The fourth-order valence-electron chi connectivity index (χ4n) is 1.57. The standard InChI is InChI=1S/C13H23N5O2S/c1-6-8(3)14-11-10(18(19)20)12(15-9(4)7-2)17-13(16-11)21-5/h8-9H,6-7H2,1-5H3,(H2,14,15,16,17). The molecule has 2 N–H and O–H groups in total. The molecule has 0 aliphatic heterocycles. The SMILES string of the molecule is CCC(C)Nc1nc(SC)nc(NC(C)CC)c1[N+](=O)[O-]. The van der Waals surface area contributed by atoms with Crippen LogP contribution in [0, 0.1) is 10.1 Å². The first-order chi connectivity index (χ1) is 9.92. The highest BCUT2D eigenvalue weighted by Crippen LogP contribution is 2.33. The van der Waals surface area contributed by atoms with Crippen LogP contribution in [0.2, 0.25) is 0 Å². The van der Waals surface area contributed by atoms with Crippen molar-refractivity contribution in [1.29, 1.82) is 0 Å². The van der Waals surface area contributed by atoms with E-state index in [9.17, 15) is 10.1 Å². The molecule has 0 radical (unpaired) electrons. The number of thioether (sulfide) groups is 1. The number of nitrogens with one attached hydrogen (secondary N) is 2. The maximum Gasteiger partial charge on any atom is 0.353 e. The molecular formula is C13H23N5O2S. The summed E-state index contributed by atoms with van der Waals surface area (Å²) in [4.78, 5) is 19.5. The third-order valence-corrected chi connectivity index (χ3v) is 3.77. The molecule has 0 bridgehead atoms. The zero-order valence-electron chi connectivity index (χ0n) is 13.1. The minimum absolute atomic E-state index is 0.0894. The molecular weight excluding hydrogens is 290 g/mol. The monoisotopic (exact) mass is 313 g/mol. The topological polar surface area (TPSA) is 93.0 Å². The van der Waals surface area contributed by atoms with E-state index in [-0.39, 0.29) is 29.4 Å². The van der Waals surface area contributed by atoms with Gasteiger partial charge in [0.25, 0.3) is 0 Å². The summed E-state index contributed by atoms with van der Waals surface area (Å²) in [6.45, 7) is 7.95. The van der Waals surface area contributed by atoms with Crippen molar-refractivity contribution in [1.82, 2.24) is 9.97 Å². The van der Waals surface area contributed by atoms with Crippen molar-refractivity contribution in [3.63, 3.8) is 0 Å². The summed E-state index contributed by atoms with van der Waals surface area (Å²) in [6, 6.07) is 0.203. The summed E-state index contributed by atoms with van der Waals surface area (Å²) in [7, 11) is 0. The largest absolute Gasteiger partial charge is 0.362 e. The van der Waals surface area contributed by atoms with Gasteiger partial charge in [0.2, 0.25) is 11.6 Å². The summed E-state index contributed by atoms with van der Waals surface area (Å²) in [5.41, 5.74) is -0.0894. The number of hydrogen-bond donors (Lipinski definition) is 2. The predicted molar refractivity (Wildman–Crippen MR) is 87.2 cm³/mol. The van der Waals surface area contributed by atoms with Crippen LogP contribution in [-0.4, -0.2) is 33.2 Å². The lowest BCUT2D eigenvalue weighted by molar-refractivity contribution is -0.383. The third-order valence-electron chi connectivity index (χ3n) is 3.22. The Morgan fingerprint density at radius 1 is 1.14 bits per heavy atom. The molecule has 0 aromatic carbocycles. The van der Waals surface area contributed by atoms with Gasteiger partial charge in [-0.2, -0.15) is 9.97 Å². The Balaban J connectivity index is 3.31. The molecule has 7 nitrogen and oxygen atoms in total. The first kappa shape index (κ1) is 17.5. The average Bonchev–Trinajstić information content (AvgIpc) is 2.45. The molecule has 1 aromatic rings. The first-order valence-corrected chi connectivity index (χ1v) is 8.28. The number of hydrogen-bond acceptors (Lipinski definition) is 7. The molecule has 0 aliphatic rings. The first-order valence-electron chi connectivity index (χ1n) is 7.06. The predicted octanol–water partition coefficient (Wildman–Crippen LogP) is 3.53. The van der Waals surface area contributed by atoms with Gasteiger partial charge in [0, 0.05) is 12.1 Å². The molecule has 0 saturated carbocycles. The van der Waals surface area contributed by atoms with Crippen molar-refractivity contribution in [2.45, 2.75) is 57.8 Å². The molecule has 2 unspecified atom stereocenters. The summed E-state index contributed by atoms with van der Waals surface area (Å²) >= 11 is 1.36. The van der Waals surface area contributed by atoms with E-state index in [1.54, 1.807) is 0 Å². The van der Waals surface area contributed by atoms with Crippen molar-refractivity contribution in [2.75, 3.05) is 16.9 Å². The van der Waals surface area contributed by atoms with Crippen LogP contribution in [0.3, 0.4) is 0 Å². The maximum absolute atomic E-state index is 11.4. The lowest BCUT2D eigenvalue weighted by Crippen LogP contribution is -2.20. The van der Waals surface area contributed by atoms with Crippen LogP contribution < -0.4 is 10.6 Å². The van der Waals surface area contributed by atoms with Crippen molar-refractivity contribution < 1.29 is 4.92 Å². The van der Waals surface area contributed by atoms with Crippen LogP contribution in [-0.2, 0) is 0 Å². The van der Waals surface area contributed by atoms with Crippen LogP contribution in [0.15, 0.2) is 5.16 Å². The van der Waals surface area contributed by atoms with E-state index in [4.69, 9.17) is 0 Å². The third kappa shape index (κ3) is 4.73. The van der Waals surface area contributed by atoms with Crippen LogP contribution in [0.25, 0.3) is 0 Å². The number of rotatable bonds is 8. The van der Waals surface area contributed by atoms with E-state index in [0.717, 1.165) is 12.8 Å². The minimum atomic E-state index is -0.431. The normalized spacial score (nSPS) is 13.6. The van der Waals surface area contributed by atoms with Gasteiger partial charge in [-0.15, -0.1) is 0 Å². The van der Waals surface area contributed by atoms with Gasteiger partial charge in [0.1, 0.15) is 0 Å². The number of aromatic nitrogens is 2. The van der Waals surface area contributed by atoms with Gasteiger partial charge >= 0.3 is 5.69 Å². The fraction of sp³-hybridized carbons (Fsp3) is 0.692. The van der Waals surface area contributed by atoms with E-state index in [0.29, 0.717) is 5.16 Å². The van der Waals surface area contributed by atoms with E-state index >= 15 is 0 Å². The lowest BCUT2D eigenvalue weighted by Gasteiger charge is -2.17. The highest BCUT2D eigenvalue weighted by molar-refractivity contribution is 7.98. The molecule has 21 heavy (non-hydrogen) atoms. The number of nitrogens with zero attached hydrogens (tertiary/aromatic N) is 3. The summed E-state index contributed by atoms with van der Waals surface area (Å²) in [5.74, 6) is 0.555. The Morgan fingerprint density at radius 3 is 1.86 bits per heavy atom. The summed E-state index contributed by atoms with van der Waals surface area (Å²) in [6.07, 6.45) is 3.55. The van der Waals surface area contributed by atoms with Crippen molar-refractivity contribution in [3.05, 3.63) is 10.1 Å². The molecule has 118 valence electrons. The van der Waals surface area contributed by atoms with Crippen molar-refractivity contribution in [3.8, 4) is 0 Å². The Bertz CT molecular complexity index is 464. The van der Waals surface area contributed by atoms with Crippen LogP contribution in [0.4, 0.5) is 17.3 Å². The Labute approximate surface area is 129 Å². The second-order valence-electron chi connectivity index (χ2n) is 4.92. The average molecular weight is 313 g/mol. The van der Waals surface area contributed by atoms with Crippen molar-refractivity contribution >= 4 is 29.1 Å². The van der Waals surface area contributed by atoms with Gasteiger partial charge in [0.05, 0.1) is 4.92 Å². The highest BCUT2D eigenvalue weighted by atomic mass is 32.2. The quantitative estimate of drug-likeness (QED) is 0.328. The van der Waals surface area contributed by atoms with E-state index in [1.165, 1.54) is 11.8 Å². The molecule has 0 amide bonds. The molecule has 8 heteroatoms. The molecule has 0 spiro atoms. The zero-order chi connectivity index (χ0) is 16.0. The highest BCUT2D eigenvalue weighted by Gasteiger charge is 2.26. The molecule has 1 heterocycles. The minimum Gasteiger partial charge on any atom is -0.362 e. The van der Waals surface area contributed by atoms with Gasteiger partial charge in [-0.3, -0.25) is 10.1 Å². The second kappa shape index (κ2) is 8.02. The van der Waals surface area contributed by atoms with Gasteiger partial charge in [-0.25, -0.2) is 0 Å². The Hall–Kier alpha value is -1.57. The molecule has 1 rings (SSSR count). The number of nitro groups is 1. The summed E-state index contributed by atoms with van der Waals surface area (Å²) in [5, 5.41) is 18.1. The van der Waals surface area contributed by atoms with Gasteiger partial charge < -0.3 is 10.6 Å². The van der Waals surface area contributed by atoms with Crippen LogP contribution in [0.1, 0.15) is 40.5 Å². The number of anilines is 2. The van der Waals surface area contributed by atoms with Crippen molar-refractivity contribution in [2.24, 2.45) is 0 Å². The fourth-order valence-corrected chi connectivity index (χ4v) is 1.94. The Kier molecular flexibility index (Phi) is 6.67. The van der Waals surface area contributed by atoms with Gasteiger partial charge in [-0.05, 0) is 32.9 Å². The van der Waals surface area contributed by atoms with Crippen LogP contribution in [0.5, 0.6) is 0 Å². The smallest absolute Gasteiger partial charge is 0.353 e. The molecule has 0 aliphatic carbocycles. The van der Waals surface area contributed by atoms with E-state index < -0.39 is 4.92 Å². The molecule has 1 aromatic heterocycles. The molecule has 0 saturated heterocycles. The second-order valence-corrected chi connectivity index (χ2v) is 5.69. The molecule has 0 fully saturated rings. The van der Waals surface area contributed by atoms with Crippen LogP contribution >= 0.6 is 11.8 Å². The molecule has 2 atom stereocenters. The van der Waals surface area contributed by atoms with E-state index in [1.807, 2.05) is 34.0 Å². The van der Waals surface area contributed by atoms with Gasteiger partial charge in [-0.1, -0.05) is 25.6 Å².